The summed E-state index contributed by atoms with van der Waals surface area (Å²) in [7, 11) is -3.85. The Hall–Kier alpha value is -0.820. The van der Waals surface area contributed by atoms with Crippen LogP contribution in [0, 0.1) is 0 Å². The van der Waals surface area contributed by atoms with Gasteiger partial charge in [0.2, 0.25) is 0 Å². The van der Waals surface area contributed by atoms with E-state index < -0.39 is 16.3 Å². The molecule has 0 aromatic carbocycles. The van der Waals surface area contributed by atoms with Crippen molar-refractivity contribution in [3.63, 3.8) is 0 Å². The molecule has 1 amide bonds. The fourth-order valence-electron chi connectivity index (χ4n) is 1.77. The molecule has 0 aromatic rings. The molecule has 0 saturated heterocycles. The quantitative estimate of drug-likeness (QED) is 0.719. The number of nitrogens with zero attached hydrogens (tertiary/aromatic N) is 2. The van der Waals surface area contributed by atoms with E-state index in [0.717, 1.165) is 0 Å². The van der Waals surface area contributed by atoms with E-state index in [-0.39, 0.29) is 10.4 Å². The average Bonchev–Trinajstić information content (AvgIpc) is 2.20. The van der Waals surface area contributed by atoms with Crippen molar-refractivity contribution in [1.29, 1.82) is 0 Å². The number of carbonyl (C=O) groups is 1. The Balaban J connectivity index is 5.54. The van der Waals surface area contributed by atoms with Gasteiger partial charge in [-0.1, -0.05) is 0 Å². The number of hydrogen-bond acceptors (Lipinski definition) is 3. The first kappa shape index (κ1) is 15.2. The molecule has 16 heavy (non-hydrogen) atoms. The van der Waals surface area contributed by atoms with Gasteiger partial charge in [0.15, 0.2) is 0 Å². The highest BCUT2D eigenvalue weighted by Gasteiger charge is 2.44. The maximum atomic E-state index is 12.2. The lowest BCUT2D eigenvalue weighted by Crippen LogP contribution is -2.59. The predicted octanol–water partition coefficient (Wildman–Crippen LogP) is 1.11. The first-order valence-corrected chi connectivity index (χ1v) is 6.84. The van der Waals surface area contributed by atoms with Gasteiger partial charge in [-0.2, -0.15) is 12.7 Å². The molecule has 0 bridgehead atoms. The predicted molar refractivity (Wildman–Crippen MR) is 61.2 cm³/mol. The van der Waals surface area contributed by atoms with Crippen LogP contribution in [0.1, 0.15) is 27.7 Å². The fraction of sp³-hybridized carbons (Fsp3) is 0.889. The molecule has 0 saturated carbocycles. The van der Waals surface area contributed by atoms with E-state index in [0.29, 0.717) is 23.9 Å². The Morgan fingerprint density at radius 3 is 1.69 bits per heavy atom. The second-order valence-corrected chi connectivity index (χ2v) is 5.54. The highest BCUT2D eigenvalue weighted by molar-refractivity contribution is 7.84. The van der Waals surface area contributed by atoms with E-state index >= 15 is 0 Å². The molecule has 96 valence electrons. The molecule has 0 atom stereocenters. The minimum atomic E-state index is -3.85. The third-order valence-corrected chi connectivity index (χ3v) is 5.72. The Labute approximate surface area is 97.2 Å². The first-order chi connectivity index (χ1) is 7.32. The first-order valence-electron chi connectivity index (χ1n) is 5.44. The van der Waals surface area contributed by atoms with Crippen molar-refractivity contribution in [3.05, 3.63) is 0 Å². The van der Waals surface area contributed by atoms with Crippen LogP contribution >= 0.6 is 0 Å². The van der Waals surface area contributed by atoms with Gasteiger partial charge in [0.05, 0.1) is 19.6 Å². The van der Waals surface area contributed by atoms with Gasteiger partial charge in [-0.25, -0.2) is 8.68 Å². The van der Waals surface area contributed by atoms with Gasteiger partial charge in [-0.05, 0) is 27.7 Å². The van der Waals surface area contributed by atoms with E-state index in [9.17, 15) is 13.2 Å². The van der Waals surface area contributed by atoms with Crippen molar-refractivity contribution < 1.29 is 22.2 Å². The molecule has 0 heterocycles. The molecule has 0 aliphatic rings. The molecular formula is C9H21N2O4S+. The highest BCUT2D eigenvalue weighted by atomic mass is 32.2. The van der Waals surface area contributed by atoms with Crippen LogP contribution in [0.15, 0.2) is 0 Å². The summed E-state index contributed by atoms with van der Waals surface area (Å²) in [6.07, 6.45) is -1.42. The topological polar surface area (TPSA) is 74.7 Å². The summed E-state index contributed by atoms with van der Waals surface area (Å²) < 4.78 is 24.8. The molecule has 0 aliphatic carbocycles. The summed E-state index contributed by atoms with van der Waals surface area (Å²) in [6, 6.07) is 0. The minimum Gasteiger partial charge on any atom is -0.464 e. The lowest BCUT2D eigenvalue weighted by atomic mass is 10.5. The number of amides is 1. The molecule has 0 radical (unpaired) electrons. The maximum absolute atomic E-state index is 12.2. The molecular weight excluding hydrogens is 232 g/mol. The van der Waals surface area contributed by atoms with Crippen LogP contribution in [0.25, 0.3) is 0 Å². The van der Waals surface area contributed by atoms with Crippen molar-refractivity contribution in [2.45, 2.75) is 27.7 Å². The zero-order valence-electron chi connectivity index (χ0n) is 10.3. The molecule has 6 nitrogen and oxygen atoms in total. The summed E-state index contributed by atoms with van der Waals surface area (Å²) in [5.74, 6) is 0. The summed E-state index contributed by atoms with van der Waals surface area (Å²) >= 11 is 0. The van der Waals surface area contributed by atoms with Gasteiger partial charge in [-0.15, -0.1) is 0 Å². The molecule has 0 unspecified atom stereocenters. The van der Waals surface area contributed by atoms with Crippen molar-refractivity contribution >= 4 is 16.3 Å². The highest BCUT2D eigenvalue weighted by Crippen LogP contribution is 2.19. The SMILES string of the molecule is CCN(C(=O)O)S(=O)(=O)[N+](CC)(CC)CC. The Bertz CT molecular complexity index is 327. The van der Waals surface area contributed by atoms with E-state index in [1.807, 2.05) is 0 Å². The van der Waals surface area contributed by atoms with Crippen LogP contribution < -0.4 is 0 Å². The maximum Gasteiger partial charge on any atom is 0.425 e. The van der Waals surface area contributed by atoms with Crippen molar-refractivity contribution in [2.24, 2.45) is 0 Å². The van der Waals surface area contributed by atoms with E-state index in [1.165, 1.54) is 6.92 Å². The summed E-state index contributed by atoms with van der Waals surface area (Å²) in [5.41, 5.74) is 0. The largest absolute Gasteiger partial charge is 0.464 e. The second-order valence-electron chi connectivity index (χ2n) is 3.43. The van der Waals surface area contributed by atoms with E-state index in [2.05, 4.69) is 0 Å². The third kappa shape index (κ3) is 2.30. The van der Waals surface area contributed by atoms with Gasteiger partial charge in [0, 0.05) is 6.54 Å². The number of carboxylic acid groups (broad SMARTS) is 1. The van der Waals surface area contributed by atoms with E-state index in [1.54, 1.807) is 20.8 Å². The molecule has 1 N–H and O–H groups in total. The van der Waals surface area contributed by atoms with Crippen molar-refractivity contribution in [3.8, 4) is 0 Å². The van der Waals surface area contributed by atoms with Crippen LogP contribution in [-0.4, -0.2) is 54.0 Å². The van der Waals surface area contributed by atoms with Crippen LogP contribution in [0.2, 0.25) is 0 Å². The van der Waals surface area contributed by atoms with Gasteiger partial charge in [0.25, 0.3) is 0 Å². The lowest BCUT2D eigenvalue weighted by Gasteiger charge is -2.36. The minimum absolute atomic E-state index is 0.0579. The number of hydrogen-bond donors (Lipinski definition) is 1. The molecule has 0 rings (SSSR count). The molecule has 0 aliphatic heterocycles. The molecule has 7 heteroatoms. The number of rotatable bonds is 6. The van der Waals surface area contributed by atoms with E-state index in [4.69, 9.17) is 5.11 Å². The van der Waals surface area contributed by atoms with Crippen LogP contribution in [-0.2, 0) is 10.2 Å². The molecule has 0 aromatic heterocycles. The average molecular weight is 253 g/mol. The van der Waals surface area contributed by atoms with Gasteiger partial charge < -0.3 is 5.11 Å². The molecule has 0 fully saturated rings. The fourth-order valence-corrected chi connectivity index (χ4v) is 3.69. The van der Waals surface area contributed by atoms with Gasteiger partial charge in [0.1, 0.15) is 0 Å². The van der Waals surface area contributed by atoms with Crippen LogP contribution in [0.3, 0.4) is 0 Å². The summed E-state index contributed by atoms with van der Waals surface area (Å²) in [5, 5.41) is 8.90. The normalized spacial score (nSPS) is 12.5. The smallest absolute Gasteiger partial charge is 0.425 e. The van der Waals surface area contributed by atoms with Crippen LogP contribution in [0.4, 0.5) is 4.79 Å². The Morgan fingerprint density at radius 2 is 1.50 bits per heavy atom. The zero-order valence-corrected chi connectivity index (χ0v) is 11.1. The van der Waals surface area contributed by atoms with Crippen LogP contribution in [0.5, 0.6) is 0 Å². The lowest BCUT2D eigenvalue weighted by molar-refractivity contribution is -0.802. The third-order valence-electron chi connectivity index (χ3n) is 3.00. The van der Waals surface area contributed by atoms with Gasteiger partial charge >= 0.3 is 16.3 Å². The summed E-state index contributed by atoms with van der Waals surface area (Å²) in [4.78, 5) is 10.9. The zero-order chi connectivity index (χ0) is 13.0. The number of quaternary nitrogens is 1. The molecule has 0 spiro atoms. The Morgan fingerprint density at radius 1 is 1.12 bits per heavy atom. The summed E-state index contributed by atoms with van der Waals surface area (Å²) in [6.45, 7) is 7.79. The Kier molecular flexibility index (Phi) is 5.21. The second kappa shape index (κ2) is 5.49. The monoisotopic (exact) mass is 253 g/mol. The van der Waals surface area contributed by atoms with Crippen molar-refractivity contribution in [2.75, 3.05) is 26.2 Å². The standard InChI is InChI=1S/C9H20N2O4S/c1-5-10(9(12)13)16(14,15)11(6-2,7-3)8-4/h5-8H2,1-4H3/p+1. The van der Waals surface area contributed by atoms with Crippen molar-refractivity contribution in [1.82, 2.24) is 4.31 Å². The van der Waals surface area contributed by atoms with Gasteiger partial charge in [-0.3, -0.25) is 0 Å².